The topological polar surface area (TPSA) is 17.1 Å². The van der Waals surface area contributed by atoms with Crippen LogP contribution in [0.4, 0.5) is 0 Å². The van der Waals surface area contributed by atoms with Crippen molar-refractivity contribution < 1.29 is 4.79 Å². The molecule has 0 saturated heterocycles. The molecule has 0 aliphatic heterocycles. The van der Waals surface area contributed by atoms with E-state index in [4.69, 9.17) is 0 Å². The fourth-order valence-electron chi connectivity index (χ4n) is 3.06. The van der Waals surface area contributed by atoms with Gasteiger partial charge in [0.1, 0.15) is 0 Å². The first-order valence-corrected chi connectivity index (χ1v) is 9.70. The summed E-state index contributed by atoms with van der Waals surface area (Å²) in [5.41, 5.74) is 0.297. The van der Waals surface area contributed by atoms with Crippen LogP contribution in [0.25, 0.3) is 0 Å². The van der Waals surface area contributed by atoms with Crippen molar-refractivity contribution in [3.63, 3.8) is 0 Å². The lowest BCUT2D eigenvalue weighted by molar-refractivity contribution is -0.115. The van der Waals surface area contributed by atoms with Gasteiger partial charge in [-0.25, -0.2) is 0 Å². The second-order valence-corrected chi connectivity index (χ2v) is 11.4. The summed E-state index contributed by atoms with van der Waals surface area (Å²) in [4.78, 5) is 12.1. The summed E-state index contributed by atoms with van der Waals surface area (Å²) in [5.74, 6) is 0.469. The van der Waals surface area contributed by atoms with Gasteiger partial charge in [0.05, 0.1) is 8.07 Å². The largest absolute Gasteiger partial charge is 0.295 e. The van der Waals surface area contributed by atoms with Crippen molar-refractivity contribution in [1.29, 1.82) is 0 Å². The highest BCUT2D eigenvalue weighted by atomic mass is 28.3. The first-order chi connectivity index (χ1) is 6.93. The number of carbonyl (C=O) groups excluding carboxylic acids is 1. The minimum atomic E-state index is -1.39. The highest BCUT2D eigenvalue weighted by Gasteiger charge is 2.42. The van der Waals surface area contributed by atoms with Crippen molar-refractivity contribution in [1.82, 2.24) is 0 Å². The van der Waals surface area contributed by atoms with E-state index in [2.05, 4.69) is 25.7 Å². The lowest BCUT2D eigenvalue weighted by atomic mass is 9.74. The maximum absolute atomic E-state index is 12.1. The van der Waals surface area contributed by atoms with Crippen LogP contribution in [0.15, 0.2) is 11.3 Å². The third kappa shape index (κ3) is 2.10. The van der Waals surface area contributed by atoms with E-state index in [9.17, 15) is 4.79 Å². The number of hydrogen-bond acceptors (Lipinski definition) is 1. The fourth-order valence-corrected chi connectivity index (χ4v) is 4.73. The lowest BCUT2D eigenvalue weighted by Crippen LogP contribution is -2.27. The van der Waals surface area contributed by atoms with Gasteiger partial charge in [0.25, 0.3) is 0 Å². The summed E-state index contributed by atoms with van der Waals surface area (Å²) < 4.78 is 0. The Labute approximate surface area is 94.0 Å². The molecular formula is C13H22OSi. The number of carbonyl (C=O) groups is 1. The van der Waals surface area contributed by atoms with Crippen LogP contribution in [0.3, 0.4) is 0 Å². The number of Topliss-reactive ketones (excluding diaryl/α,β-unsaturated/α-hetero) is 1. The zero-order valence-corrected chi connectivity index (χ0v) is 11.2. The Bertz CT molecular complexity index is 303. The third-order valence-electron chi connectivity index (χ3n) is 3.92. The van der Waals surface area contributed by atoms with Crippen LogP contribution in [0.2, 0.25) is 19.6 Å². The molecule has 0 unspecified atom stereocenters. The van der Waals surface area contributed by atoms with Gasteiger partial charge in [-0.15, -0.1) is 0 Å². The molecule has 0 atom stereocenters. The number of hydrogen-bond donors (Lipinski definition) is 0. The summed E-state index contributed by atoms with van der Waals surface area (Å²) in [7, 11) is -1.39. The van der Waals surface area contributed by atoms with E-state index < -0.39 is 8.07 Å². The molecule has 2 rings (SSSR count). The summed E-state index contributed by atoms with van der Waals surface area (Å²) >= 11 is 0. The van der Waals surface area contributed by atoms with Crippen LogP contribution < -0.4 is 0 Å². The molecule has 1 fully saturated rings. The molecule has 0 heterocycles. The monoisotopic (exact) mass is 222 g/mol. The quantitative estimate of drug-likeness (QED) is 0.618. The van der Waals surface area contributed by atoms with Gasteiger partial charge in [-0.3, -0.25) is 4.79 Å². The molecule has 0 bridgehead atoms. The minimum absolute atomic E-state index is 0.297. The Hall–Kier alpha value is -0.373. The summed E-state index contributed by atoms with van der Waals surface area (Å²) in [6, 6.07) is 0. The molecule has 1 spiro atoms. The molecule has 84 valence electrons. The molecule has 0 amide bonds. The maximum Gasteiger partial charge on any atom is 0.155 e. The van der Waals surface area contributed by atoms with Crippen LogP contribution in [-0.2, 0) is 4.79 Å². The normalized spacial score (nSPS) is 25.8. The second kappa shape index (κ2) is 3.58. The van der Waals surface area contributed by atoms with E-state index in [1.807, 2.05) is 0 Å². The average Bonchev–Trinajstić information content (AvgIpc) is 2.44. The van der Waals surface area contributed by atoms with Crippen molar-refractivity contribution in [3.05, 3.63) is 11.3 Å². The molecule has 1 saturated carbocycles. The minimum Gasteiger partial charge on any atom is -0.295 e. The van der Waals surface area contributed by atoms with Gasteiger partial charge in [-0.1, -0.05) is 45.0 Å². The van der Waals surface area contributed by atoms with E-state index in [0.717, 1.165) is 6.42 Å². The van der Waals surface area contributed by atoms with E-state index in [1.165, 1.54) is 37.3 Å². The van der Waals surface area contributed by atoms with Gasteiger partial charge in [-0.2, -0.15) is 0 Å². The van der Waals surface area contributed by atoms with E-state index in [0.29, 0.717) is 11.2 Å². The van der Waals surface area contributed by atoms with Crippen molar-refractivity contribution in [3.8, 4) is 0 Å². The molecule has 2 aliphatic rings. The van der Waals surface area contributed by atoms with Crippen LogP contribution in [0, 0.1) is 5.41 Å². The van der Waals surface area contributed by atoms with E-state index >= 15 is 0 Å². The second-order valence-electron chi connectivity index (χ2n) is 6.33. The maximum atomic E-state index is 12.1. The van der Waals surface area contributed by atoms with Crippen molar-refractivity contribution >= 4 is 13.9 Å². The molecule has 0 radical (unpaired) electrons. The standard InChI is InChI=1S/C13H22OSi/c1-15(2,3)12-10-13(9-11(12)14)7-5-4-6-8-13/h10H,4-9H2,1-3H3. The Morgan fingerprint density at radius 2 is 1.73 bits per heavy atom. The molecular weight excluding hydrogens is 200 g/mol. The van der Waals surface area contributed by atoms with E-state index in [1.54, 1.807) is 0 Å². The Kier molecular flexibility index (Phi) is 2.66. The molecule has 2 aliphatic carbocycles. The van der Waals surface area contributed by atoms with Crippen molar-refractivity contribution in [2.24, 2.45) is 5.41 Å². The molecule has 2 heteroatoms. The van der Waals surface area contributed by atoms with Crippen molar-refractivity contribution in [2.75, 3.05) is 0 Å². The van der Waals surface area contributed by atoms with Crippen LogP contribution in [0.5, 0.6) is 0 Å². The molecule has 0 N–H and O–H groups in total. The average molecular weight is 222 g/mol. The molecule has 15 heavy (non-hydrogen) atoms. The first kappa shape index (κ1) is 11.1. The van der Waals surface area contributed by atoms with Crippen LogP contribution >= 0.6 is 0 Å². The Balaban J connectivity index is 2.26. The van der Waals surface area contributed by atoms with Gasteiger partial charge in [0.15, 0.2) is 5.78 Å². The number of allylic oxidation sites excluding steroid dienone is 2. The predicted molar refractivity (Wildman–Crippen MR) is 66.6 cm³/mol. The molecule has 0 aromatic heterocycles. The third-order valence-corrected chi connectivity index (χ3v) is 5.96. The van der Waals surface area contributed by atoms with Gasteiger partial charge >= 0.3 is 0 Å². The predicted octanol–water partition coefficient (Wildman–Crippen LogP) is 3.71. The van der Waals surface area contributed by atoms with E-state index in [-0.39, 0.29) is 0 Å². The Morgan fingerprint density at radius 1 is 1.13 bits per heavy atom. The zero-order valence-electron chi connectivity index (χ0n) is 10.2. The lowest BCUT2D eigenvalue weighted by Gasteiger charge is -2.30. The SMILES string of the molecule is C[Si](C)(C)C1=CC2(CCCCC2)CC1=O. The summed E-state index contributed by atoms with van der Waals surface area (Å²) in [6.45, 7) is 6.87. The number of ketones is 1. The molecule has 1 nitrogen and oxygen atoms in total. The smallest absolute Gasteiger partial charge is 0.155 e. The molecule has 0 aromatic rings. The zero-order chi connectivity index (χ0) is 11.1. The highest BCUT2D eigenvalue weighted by Crippen LogP contribution is 2.47. The summed E-state index contributed by atoms with van der Waals surface area (Å²) in [6.07, 6.45) is 9.74. The van der Waals surface area contributed by atoms with Gasteiger partial charge in [0, 0.05) is 6.42 Å². The van der Waals surface area contributed by atoms with Gasteiger partial charge in [0.2, 0.25) is 0 Å². The highest BCUT2D eigenvalue weighted by molar-refractivity contribution is 6.87. The van der Waals surface area contributed by atoms with Gasteiger partial charge < -0.3 is 0 Å². The fraction of sp³-hybridized carbons (Fsp3) is 0.769. The first-order valence-electron chi connectivity index (χ1n) is 6.20. The van der Waals surface area contributed by atoms with Crippen LogP contribution in [0.1, 0.15) is 38.5 Å². The van der Waals surface area contributed by atoms with Crippen LogP contribution in [-0.4, -0.2) is 13.9 Å². The summed E-state index contributed by atoms with van der Waals surface area (Å²) in [5, 5.41) is 1.23. The van der Waals surface area contributed by atoms with Gasteiger partial charge in [-0.05, 0) is 23.5 Å². The Morgan fingerprint density at radius 3 is 2.20 bits per heavy atom. The molecule has 0 aromatic carbocycles. The van der Waals surface area contributed by atoms with Crippen molar-refractivity contribution in [2.45, 2.75) is 58.2 Å². The number of rotatable bonds is 1.